The second-order valence-electron chi connectivity index (χ2n) is 3.69. The summed E-state index contributed by atoms with van der Waals surface area (Å²) in [5.41, 5.74) is 5.71. The average molecular weight is 267 g/mol. The van der Waals surface area contributed by atoms with Gasteiger partial charge in [0, 0.05) is 11.9 Å². The molecule has 0 spiro atoms. The molecule has 95 valence electrons. The van der Waals surface area contributed by atoms with E-state index in [2.05, 4.69) is 15.5 Å². The zero-order chi connectivity index (χ0) is 13.0. The number of oxime groups is 1. The molecule has 7 nitrogen and oxygen atoms in total. The molecule has 1 aromatic heterocycles. The predicted molar refractivity (Wildman–Crippen MR) is 65.8 cm³/mol. The molecule has 1 fully saturated rings. The third-order valence-electron chi connectivity index (χ3n) is 2.46. The van der Waals surface area contributed by atoms with E-state index in [1.165, 1.54) is 11.3 Å². The van der Waals surface area contributed by atoms with Crippen molar-refractivity contribution in [3.8, 4) is 0 Å². The number of carbonyl (C=O) groups excluding carboxylic acids is 2. The molecule has 18 heavy (non-hydrogen) atoms. The number of nitrogen functional groups attached to an aromatic ring is 1. The van der Waals surface area contributed by atoms with E-state index in [1.807, 2.05) is 0 Å². The smallest absolute Gasteiger partial charge is 0.259 e. The molecule has 1 saturated heterocycles. The van der Waals surface area contributed by atoms with Crippen molar-refractivity contribution in [1.29, 1.82) is 0 Å². The normalized spacial score (nSPS) is 19.7. The van der Waals surface area contributed by atoms with Crippen molar-refractivity contribution < 1.29 is 14.4 Å². The quantitative estimate of drug-likeness (QED) is 0.562. The van der Waals surface area contributed by atoms with E-state index in [4.69, 9.17) is 10.6 Å². The first-order valence-electron chi connectivity index (χ1n) is 5.28. The van der Waals surface area contributed by atoms with Crippen LogP contribution >= 0.6 is 11.3 Å². The number of amides is 1. The van der Waals surface area contributed by atoms with Gasteiger partial charge in [-0.1, -0.05) is 5.16 Å². The van der Waals surface area contributed by atoms with Crippen molar-refractivity contribution in [3.05, 3.63) is 11.1 Å². The van der Waals surface area contributed by atoms with Crippen molar-refractivity contribution in [2.24, 2.45) is 11.1 Å². The Hall–Kier alpha value is -1.96. The van der Waals surface area contributed by atoms with Crippen LogP contribution in [-0.4, -0.2) is 36.0 Å². The van der Waals surface area contributed by atoms with E-state index in [0.29, 0.717) is 23.8 Å². The lowest BCUT2D eigenvalue weighted by molar-refractivity contribution is -0.124. The maximum Gasteiger partial charge on any atom is 0.259 e. The number of hydrogen-bond donors (Lipinski definition) is 2. The Labute approximate surface area is 107 Å². The van der Waals surface area contributed by atoms with Crippen molar-refractivity contribution in [2.45, 2.75) is 6.42 Å². The van der Waals surface area contributed by atoms with Crippen molar-refractivity contribution in [3.63, 3.8) is 0 Å². The lowest BCUT2D eigenvalue weighted by Crippen LogP contribution is -2.22. The van der Waals surface area contributed by atoms with Crippen LogP contribution in [0.5, 0.6) is 0 Å². The van der Waals surface area contributed by atoms with Crippen LogP contribution in [0.25, 0.3) is 0 Å². The molecule has 8 heteroatoms. The fourth-order valence-electron chi connectivity index (χ4n) is 1.51. The number of nitrogens with two attached hydrogens (primary N) is 1. The Kier molecular flexibility index (Phi) is 3.88. The first-order valence-corrected chi connectivity index (χ1v) is 6.16. The van der Waals surface area contributed by atoms with E-state index in [9.17, 15) is 9.59 Å². The van der Waals surface area contributed by atoms with Gasteiger partial charge in [0.05, 0.1) is 5.92 Å². The molecule has 2 rings (SSSR count). The number of nitrogens with zero attached hydrogens (tertiary/aromatic N) is 2. The second kappa shape index (κ2) is 5.58. The number of rotatable bonds is 5. The van der Waals surface area contributed by atoms with Crippen LogP contribution < -0.4 is 11.1 Å². The summed E-state index contributed by atoms with van der Waals surface area (Å²) in [5, 5.41) is 8.23. The summed E-state index contributed by atoms with van der Waals surface area (Å²) >= 11 is 1.19. The lowest BCUT2D eigenvalue weighted by Gasteiger charge is -2.04. The molecule has 1 unspecified atom stereocenters. The van der Waals surface area contributed by atoms with Crippen molar-refractivity contribution >= 4 is 34.4 Å². The number of aromatic nitrogens is 1. The summed E-state index contributed by atoms with van der Waals surface area (Å²) in [6.07, 6.45) is 2.34. The minimum Gasteiger partial charge on any atom is -0.394 e. The van der Waals surface area contributed by atoms with Crippen molar-refractivity contribution in [1.82, 2.24) is 10.3 Å². The van der Waals surface area contributed by atoms with Crippen LogP contribution in [-0.2, 0) is 14.4 Å². The third-order valence-corrected chi connectivity index (χ3v) is 3.13. The number of carbonyl (C=O) groups is 1. The van der Waals surface area contributed by atoms with Gasteiger partial charge in [-0.3, -0.25) is 9.59 Å². The molecular formula is C10H11N4O3S. The van der Waals surface area contributed by atoms with E-state index < -0.39 is 0 Å². The van der Waals surface area contributed by atoms with E-state index >= 15 is 0 Å². The van der Waals surface area contributed by atoms with Gasteiger partial charge in [0.1, 0.15) is 12.3 Å². The first kappa shape index (κ1) is 12.5. The Morgan fingerprint density at radius 3 is 3.17 bits per heavy atom. The summed E-state index contributed by atoms with van der Waals surface area (Å²) in [4.78, 5) is 30.8. The van der Waals surface area contributed by atoms with Crippen LogP contribution in [0, 0.1) is 5.92 Å². The van der Waals surface area contributed by atoms with Gasteiger partial charge >= 0.3 is 0 Å². The fraction of sp³-hybridized carbons (Fsp3) is 0.400. The highest BCUT2D eigenvalue weighted by molar-refractivity contribution is 7.13. The number of nitrogens with one attached hydrogen (secondary N) is 1. The third kappa shape index (κ3) is 2.83. The minimum atomic E-state index is -0.220. The molecule has 1 aliphatic heterocycles. The van der Waals surface area contributed by atoms with Gasteiger partial charge in [-0.25, -0.2) is 4.98 Å². The summed E-state index contributed by atoms with van der Waals surface area (Å²) in [5.74, 6) is -0.276. The largest absolute Gasteiger partial charge is 0.394 e. The van der Waals surface area contributed by atoms with Gasteiger partial charge in [-0.15, -0.1) is 11.3 Å². The molecule has 0 aromatic carbocycles. The summed E-state index contributed by atoms with van der Waals surface area (Å²) < 4.78 is 0. The van der Waals surface area contributed by atoms with Gasteiger partial charge in [0.25, 0.3) is 6.29 Å². The predicted octanol–water partition coefficient (Wildman–Crippen LogP) is -0.308. The van der Waals surface area contributed by atoms with Gasteiger partial charge in [0.15, 0.2) is 10.8 Å². The van der Waals surface area contributed by atoms with E-state index in [-0.39, 0.29) is 24.1 Å². The minimum absolute atomic E-state index is 0.0543. The van der Waals surface area contributed by atoms with Crippen LogP contribution in [0.4, 0.5) is 5.13 Å². The van der Waals surface area contributed by atoms with Gasteiger partial charge in [-0.2, -0.15) is 0 Å². The molecule has 1 aliphatic rings. The SMILES string of the molecule is Nc1nc(/C([C]=O)=N/OCC2CCNC2=O)cs1. The molecule has 1 radical (unpaired) electrons. The van der Waals surface area contributed by atoms with Gasteiger partial charge in [0.2, 0.25) is 5.91 Å². The number of hydrogen-bond acceptors (Lipinski definition) is 7. The van der Waals surface area contributed by atoms with Crippen LogP contribution in [0.3, 0.4) is 0 Å². The maximum absolute atomic E-state index is 11.2. The Balaban J connectivity index is 1.94. The monoisotopic (exact) mass is 267 g/mol. The number of anilines is 1. The molecule has 0 aliphatic carbocycles. The zero-order valence-corrected chi connectivity index (χ0v) is 10.2. The van der Waals surface area contributed by atoms with Gasteiger partial charge in [-0.05, 0) is 6.42 Å². The molecule has 1 amide bonds. The Morgan fingerprint density at radius 2 is 2.61 bits per heavy atom. The van der Waals surface area contributed by atoms with E-state index in [0.717, 1.165) is 0 Å². The number of thiazole rings is 1. The second-order valence-corrected chi connectivity index (χ2v) is 4.58. The highest BCUT2D eigenvalue weighted by atomic mass is 32.1. The molecule has 0 bridgehead atoms. The lowest BCUT2D eigenvalue weighted by atomic mass is 10.1. The molecule has 1 aromatic rings. The fourth-order valence-corrected chi connectivity index (χ4v) is 2.06. The average Bonchev–Trinajstić information content (AvgIpc) is 2.94. The molecular weight excluding hydrogens is 256 g/mol. The van der Waals surface area contributed by atoms with Crippen LogP contribution in [0.2, 0.25) is 0 Å². The molecule has 0 saturated carbocycles. The molecule has 3 N–H and O–H groups in total. The molecule has 1 atom stereocenters. The van der Waals surface area contributed by atoms with Crippen molar-refractivity contribution in [2.75, 3.05) is 18.9 Å². The van der Waals surface area contributed by atoms with Crippen LogP contribution in [0.1, 0.15) is 12.1 Å². The standard InChI is InChI=1S/C10H11N4O3S/c11-10-13-8(5-18-10)7(3-15)14-17-4-6-1-2-12-9(6)16/h5-6H,1-2,4H2,(H2,11,13)(H,12,16)/b14-7+. The van der Waals surface area contributed by atoms with E-state index in [1.54, 1.807) is 11.7 Å². The maximum atomic E-state index is 11.2. The highest BCUT2D eigenvalue weighted by Gasteiger charge is 2.24. The van der Waals surface area contributed by atoms with Crippen LogP contribution in [0.15, 0.2) is 10.5 Å². The first-order chi connectivity index (χ1) is 8.70. The summed E-state index contributed by atoms with van der Waals surface area (Å²) in [7, 11) is 0. The summed E-state index contributed by atoms with van der Waals surface area (Å²) in [6.45, 7) is 0.780. The van der Waals surface area contributed by atoms with Gasteiger partial charge < -0.3 is 15.9 Å². The zero-order valence-electron chi connectivity index (χ0n) is 9.38. The topological polar surface area (TPSA) is 107 Å². The molecule has 2 heterocycles. The summed E-state index contributed by atoms with van der Waals surface area (Å²) in [6, 6.07) is 0. The Bertz CT molecular complexity index is 485. The highest BCUT2D eigenvalue weighted by Crippen LogP contribution is 2.12. The Morgan fingerprint density at radius 1 is 1.78 bits per heavy atom.